The minimum Gasteiger partial charge on any atom is -0.439 e. The van der Waals surface area contributed by atoms with Crippen LogP contribution in [0.15, 0.2) is 79.4 Å². The highest BCUT2D eigenvalue weighted by atomic mass is 32.2. The number of aromatic nitrogens is 2. The van der Waals surface area contributed by atoms with Crippen LogP contribution in [0, 0.1) is 12.7 Å². The zero-order chi connectivity index (χ0) is 22.7. The van der Waals surface area contributed by atoms with Crippen LogP contribution in [0.2, 0.25) is 0 Å². The van der Waals surface area contributed by atoms with Crippen molar-refractivity contribution in [1.29, 1.82) is 0 Å². The number of nitrogens with zero attached hydrogens (tertiary/aromatic N) is 2. The molecule has 0 atom stereocenters. The molecule has 4 rings (SSSR count). The Balaban J connectivity index is 1.41. The summed E-state index contributed by atoms with van der Waals surface area (Å²) in [5, 5.41) is 10.3. The SMILES string of the molecule is Cc1ccc(S(=O)(=O)c2ccc(C(=O)Nc3nnc(SCc4ccccc4F)s3)o2)cc1. The van der Waals surface area contributed by atoms with Crippen LogP contribution in [0.25, 0.3) is 0 Å². The van der Waals surface area contributed by atoms with Crippen molar-refractivity contribution < 1.29 is 22.0 Å². The Kier molecular flexibility index (Phi) is 6.40. The molecule has 0 saturated heterocycles. The number of halogens is 1. The van der Waals surface area contributed by atoms with Crippen molar-refractivity contribution in [3.05, 3.63) is 83.4 Å². The molecule has 164 valence electrons. The highest BCUT2D eigenvalue weighted by Gasteiger charge is 2.24. The molecule has 1 N–H and O–H groups in total. The van der Waals surface area contributed by atoms with Gasteiger partial charge < -0.3 is 4.42 Å². The van der Waals surface area contributed by atoms with E-state index in [4.69, 9.17) is 4.42 Å². The zero-order valence-corrected chi connectivity index (χ0v) is 19.1. The van der Waals surface area contributed by atoms with Crippen LogP contribution in [0.5, 0.6) is 0 Å². The Morgan fingerprint density at radius 3 is 2.59 bits per heavy atom. The summed E-state index contributed by atoms with van der Waals surface area (Å²) < 4.78 is 44.9. The number of thioether (sulfide) groups is 1. The van der Waals surface area contributed by atoms with Gasteiger partial charge in [0.2, 0.25) is 20.1 Å². The van der Waals surface area contributed by atoms with E-state index in [0.717, 1.165) is 16.9 Å². The maximum Gasteiger partial charge on any atom is 0.293 e. The van der Waals surface area contributed by atoms with Gasteiger partial charge in [-0.2, -0.15) is 0 Å². The fourth-order valence-corrected chi connectivity index (χ4v) is 5.56. The Bertz CT molecular complexity index is 1360. The summed E-state index contributed by atoms with van der Waals surface area (Å²) in [5.41, 5.74) is 1.46. The van der Waals surface area contributed by atoms with Crippen LogP contribution in [-0.4, -0.2) is 24.5 Å². The molecule has 0 saturated carbocycles. The monoisotopic (exact) mass is 489 g/mol. The number of benzene rings is 2. The Labute approximate surface area is 191 Å². The minimum absolute atomic E-state index is 0.0741. The molecule has 4 aromatic rings. The standard InChI is InChI=1S/C21H16FN3O4S3/c1-13-6-8-15(9-7-13)32(27,28)18-11-10-17(29-18)19(26)23-20-24-25-21(31-20)30-12-14-4-2-3-5-16(14)22/h2-11H,12H2,1H3,(H,23,24,26). The van der Waals surface area contributed by atoms with Crippen molar-refractivity contribution in [2.24, 2.45) is 0 Å². The summed E-state index contributed by atoms with van der Waals surface area (Å²) in [6.07, 6.45) is 0. The number of aryl methyl sites for hydroxylation is 1. The number of anilines is 1. The molecule has 0 fully saturated rings. The highest BCUT2D eigenvalue weighted by Crippen LogP contribution is 2.29. The van der Waals surface area contributed by atoms with Crippen molar-refractivity contribution in [3.8, 4) is 0 Å². The van der Waals surface area contributed by atoms with Gasteiger partial charge in [-0.25, -0.2) is 12.8 Å². The van der Waals surface area contributed by atoms with Crippen LogP contribution < -0.4 is 5.32 Å². The average molecular weight is 490 g/mol. The van der Waals surface area contributed by atoms with E-state index in [9.17, 15) is 17.6 Å². The molecule has 0 unspecified atom stereocenters. The second kappa shape index (κ2) is 9.23. The quantitative estimate of drug-likeness (QED) is 0.289. The summed E-state index contributed by atoms with van der Waals surface area (Å²) in [4.78, 5) is 12.5. The van der Waals surface area contributed by atoms with E-state index in [0.29, 0.717) is 15.7 Å². The number of carbonyl (C=O) groups is 1. The van der Waals surface area contributed by atoms with Gasteiger partial charge in [-0.05, 0) is 42.8 Å². The lowest BCUT2D eigenvalue weighted by atomic mass is 10.2. The first-order valence-corrected chi connectivity index (χ1v) is 12.5. The molecule has 2 aromatic carbocycles. The first-order chi connectivity index (χ1) is 15.3. The third-order valence-electron chi connectivity index (χ3n) is 4.34. The summed E-state index contributed by atoms with van der Waals surface area (Å²) in [7, 11) is -3.88. The predicted molar refractivity (Wildman–Crippen MR) is 119 cm³/mol. The molecule has 0 radical (unpaired) electrons. The summed E-state index contributed by atoms with van der Waals surface area (Å²) in [6, 6.07) is 15.3. The van der Waals surface area contributed by atoms with Gasteiger partial charge in [-0.3, -0.25) is 10.1 Å². The van der Waals surface area contributed by atoms with Crippen LogP contribution in [-0.2, 0) is 15.6 Å². The topological polar surface area (TPSA) is 102 Å². The van der Waals surface area contributed by atoms with E-state index < -0.39 is 15.7 Å². The van der Waals surface area contributed by atoms with Gasteiger partial charge >= 0.3 is 0 Å². The second-order valence-electron chi connectivity index (χ2n) is 6.64. The fourth-order valence-electron chi connectivity index (χ4n) is 2.65. The number of carbonyl (C=O) groups excluding carboxylic acids is 1. The minimum atomic E-state index is -3.88. The van der Waals surface area contributed by atoms with Crippen LogP contribution in [0.4, 0.5) is 9.52 Å². The number of sulfone groups is 1. The average Bonchev–Trinajstić information content (AvgIpc) is 3.44. The normalized spacial score (nSPS) is 11.4. The van der Waals surface area contributed by atoms with Gasteiger partial charge in [-0.15, -0.1) is 10.2 Å². The van der Waals surface area contributed by atoms with Crippen molar-refractivity contribution in [2.75, 3.05) is 5.32 Å². The van der Waals surface area contributed by atoms with Gasteiger partial charge in [0.1, 0.15) is 5.82 Å². The molecule has 2 heterocycles. The number of amides is 1. The van der Waals surface area contributed by atoms with Gasteiger partial charge in [0, 0.05) is 5.75 Å². The molecule has 7 nitrogen and oxygen atoms in total. The van der Waals surface area contributed by atoms with Crippen molar-refractivity contribution in [2.45, 2.75) is 27.0 Å². The maximum atomic E-state index is 13.7. The largest absolute Gasteiger partial charge is 0.439 e. The second-order valence-corrected chi connectivity index (χ2v) is 10.7. The molecule has 0 aliphatic carbocycles. The summed E-state index contributed by atoms with van der Waals surface area (Å²) >= 11 is 2.41. The third-order valence-corrected chi connectivity index (χ3v) is 8.00. The first-order valence-electron chi connectivity index (χ1n) is 9.25. The van der Waals surface area contributed by atoms with E-state index in [-0.39, 0.29) is 26.7 Å². The van der Waals surface area contributed by atoms with Crippen LogP contribution in [0.3, 0.4) is 0 Å². The Morgan fingerprint density at radius 1 is 1.09 bits per heavy atom. The lowest BCUT2D eigenvalue weighted by Gasteiger charge is -2.02. The van der Waals surface area contributed by atoms with Crippen LogP contribution >= 0.6 is 23.1 Å². The van der Waals surface area contributed by atoms with Gasteiger partial charge in [0.05, 0.1) is 4.90 Å². The summed E-state index contributed by atoms with van der Waals surface area (Å²) in [6.45, 7) is 1.85. The zero-order valence-electron chi connectivity index (χ0n) is 16.6. The molecule has 0 aliphatic heterocycles. The van der Waals surface area contributed by atoms with E-state index >= 15 is 0 Å². The lowest BCUT2D eigenvalue weighted by Crippen LogP contribution is -2.10. The Morgan fingerprint density at radius 2 is 1.84 bits per heavy atom. The summed E-state index contributed by atoms with van der Waals surface area (Å²) in [5.74, 6) is -0.760. The van der Waals surface area contributed by atoms with Gasteiger partial charge in [0.15, 0.2) is 10.1 Å². The van der Waals surface area contributed by atoms with Gasteiger partial charge in [0.25, 0.3) is 5.91 Å². The lowest BCUT2D eigenvalue weighted by molar-refractivity contribution is 0.0991. The Hall–Kier alpha value is -3.02. The van der Waals surface area contributed by atoms with Gasteiger partial charge in [-0.1, -0.05) is 59.0 Å². The fraction of sp³-hybridized carbons (Fsp3) is 0.0952. The maximum absolute atomic E-state index is 13.7. The third kappa shape index (κ3) is 4.90. The molecule has 2 aromatic heterocycles. The highest BCUT2D eigenvalue weighted by molar-refractivity contribution is 8.00. The van der Waals surface area contributed by atoms with Crippen molar-refractivity contribution in [3.63, 3.8) is 0 Å². The molecule has 1 amide bonds. The van der Waals surface area contributed by atoms with E-state index in [1.54, 1.807) is 30.3 Å². The predicted octanol–water partition coefficient (Wildman–Crippen LogP) is 4.96. The molecule has 0 spiro atoms. The smallest absolute Gasteiger partial charge is 0.293 e. The number of nitrogens with one attached hydrogen (secondary N) is 1. The number of hydrogen-bond acceptors (Lipinski definition) is 8. The molecule has 0 bridgehead atoms. The molecular weight excluding hydrogens is 473 g/mol. The number of rotatable bonds is 7. The molecule has 32 heavy (non-hydrogen) atoms. The molecule has 11 heteroatoms. The van der Waals surface area contributed by atoms with E-state index in [1.165, 1.54) is 42.1 Å². The van der Waals surface area contributed by atoms with Crippen molar-refractivity contribution >= 4 is 44.0 Å². The first kappa shape index (κ1) is 22.2. The van der Waals surface area contributed by atoms with E-state index in [1.807, 2.05) is 6.92 Å². The molecular formula is C21H16FN3O4S3. The number of furan rings is 1. The van der Waals surface area contributed by atoms with Crippen molar-refractivity contribution in [1.82, 2.24) is 10.2 Å². The van der Waals surface area contributed by atoms with E-state index in [2.05, 4.69) is 15.5 Å². The number of hydrogen-bond donors (Lipinski definition) is 1. The molecule has 0 aliphatic rings. The van der Waals surface area contributed by atoms with Crippen LogP contribution in [0.1, 0.15) is 21.7 Å².